The molecular weight excluding hydrogens is 468 g/mol. The molecule has 1 saturated heterocycles. The van der Waals surface area contributed by atoms with Crippen molar-refractivity contribution in [3.05, 3.63) is 72.7 Å². The molecule has 0 spiro atoms. The van der Waals surface area contributed by atoms with Crippen LogP contribution < -0.4 is 21.5 Å². The first-order valence-electron chi connectivity index (χ1n) is 12.3. The molecule has 190 valence electrons. The number of nitrogens with one attached hydrogen (secondary N) is 1. The van der Waals surface area contributed by atoms with Crippen LogP contribution in [0.5, 0.6) is 11.6 Å². The lowest BCUT2D eigenvalue weighted by Crippen LogP contribution is -2.34. The molecule has 10 heteroatoms. The molecule has 10 nitrogen and oxygen atoms in total. The summed E-state index contributed by atoms with van der Waals surface area (Å²) in [5, 5.41) is 7.73. The lowest BCUT2D eigenvalue weighted by atomic mass is 10.1. The van der Waals surface area contributed by atoms with Crippen LogP contribution >= 0.6 is 0 Å². The SMILES string of the molecule is CCN1CCC(n2cc(Nc3nc(Oc4cccc(N)c4)c(-c4ccccc4)nc3C(N)=O)cn2)CC1. The predicted molar refractivity (Wildman–Crippen MR) is 143 cm³/mol. The number of ether oxygens (including phenoxy) is 1. The van der Waals surface area contributed by atoms with Crippen molar-refractivity contribution in [3.63, 3.8) is 0 Å². The summed E-state index contributed by atoms with van der Waals surface area (Å²) in [6.45, 7) is 5.34. The molecule has 0 saturated carbocycles. The summed E-state index contributed by atoms with van der Waals surface area (Å²) in [5.74, 6) is 0.188. The normalized spacial score (nSPS) is 14.4. The van der Waals surface area contributed by atoms with Gasteiger partial charge in [0.15, 0.2) is 11.5 Å². The number of hydrogen-bond donors (Lipinski definition) is 3. The molecular formula is C27H30N8O2. The van der Waals surface area contributed by atoms with E-state index in [0.717, 1.165) is 38.0 Å². The molecule has 1 aliphatic heterocycles. The largest absolute Gasteiger partial charge is 0.437 e. The number of nitrogens with zero attached hydrogens (tertiary/aromatic N) is 5. The van der Waals surface area contributed by atoms with E-state index in [4.69, 9.17) is 16.2 Å². The number of hydrogen-bond acceptors (Lipinski definition) is 8. The van der Waals surface area contributed by atoms with Crippen molar-refractivity contribution in [3.8, 4) is 22.9 Å². The molecule has 5 N–H and O–H groups in total. The van der Waals surface area contributed by atoms with Crippen molar-refractivity contribution in [2.45, 2.75) is 25.8 Å². The molecule has 0 aliphatic carbocycles. The number of primary amides is 1. The number of aromatic nitrogens is 4. The van der Waals surface area contributed by atoms with Crippen LogP contribution in [-0.4, -0.2) is 50.2 Å². The molecule has 2 aromatic heterocycles. The number of carbonyl (C=O) groups excluding carboxylic acids is 1. The fourth-order valence-corrected chi connectivity index (χ4v) is 4.46. The third kappa shape index (κ3) is 5.54. The third-order valence-electron chi connectivity index (χ3n) is 6.46. The van der Waals surface area contributed by atoms with Gasteiger partial charge >= 0.3 is 0 Å². The summed E-state index contributed by atoms with van der Waals surface area (Å²) in [6.07, 6.45) is 5.70. The number of amides is 1. The molecule has 4 aromatic rings. The van der Waals surface area contributed by atoms with Crippen molar-refractivity contribution in [2.75, 3.05) is 30.7 Å². The second-order valence-electron chi connectivity index (χ2n) is 8.98. The van der Waals surface area contributed by atoms with Gasteiger partial charge in [-0.1, -0.05) is 43.3 Å². The van der Waals surface area contributed by atoms with Crippen LogP contribution in [0, 0.1) is 0 Å². The number of rotatable bonds is 8. The van der Waals surface area contributed by atoms with E-state index in [1.54, 1.807) is 30.5 Å². The Labute approximate surface area is 215 Å². The maximum atomic E-state index is 12.4. The van der Waals surface area contributed by atoms with Crippen LogP contribution in [0.25, 0.3) is 11.3 Å². The van der Waals surface area contributed by atoms with Crippen molar-refractivity contribution < 1.29 is 9.53 Å². The van der Waals surface area contributed by atoms with Gasteiger partial charge in [0.2, 0.25) is 5.88 Å². The van der Waals surface area contributed by atoms with Gasteiger partial charge in [-0.2, -0.15) is 10.1 Å². The summed E-state index contributed by atoms with van der Waals surface area (Å²) < 4.78 is 8.08. The van der Waals surface area contributed by atoms with Crippen molar-refractivity contribution in [1.82, 2.24) is 24.6 Å². The fourth-order valence-electron chi connectivity index (χ4n) is 4.46. The van der Waals surface area contributed by atoms with E-state index >= 15 is 0 Å². The van der Waals surface area contributed by atoms with E-state index < -0.39 is 5.91 Å². The molecule has 37 heavy (non-hydrogen) atoms. The van der Waals surface area contributed by atoms with Crippen molar-refractivity contribution in [1.29, 1.82) is 0 Å². The standard InChI is InChI=1S/C27H30N8O2/c1-2-34-13-11-21(12-14-34)35-17-20(16-30-35)31-26-24(25(29)36)32-23(18-7-4-3-5-8-18)27(33-26)37-22-10-6-9-19(28)15-22/h3-10,15-17,21H,2,11-14,28H2,1H3,(H2,29,36)(H,31,33). The second kappa shape index (κ2) is 10.7. The number of nitrogen functional groups attached to an aromatic ring is 1. The lowest BCUT2D eigenvalue weighted by Gasteiger charge is -2.31. The van der Waals surface area contributed by atoms with Crippen LogP contribution in [0.2, 0.25) is 0 Å². The molecule has 1 amide bonds. The van der Waals surface area contributed by atoms with Crippen LogP contribution in [0.4, 0.5) is 17.2 Å². The average molecular weight is 499 g/mol. The molecule has 3 heterocycles. The number of carbonyl (C=O) groups is 1. The Hall–Kier alpha value is -4.44. The molecule has 0 atom stereocenters. The Bertz CT molecular complexity index is 1380. The third-order valence-corrected chi connectivity index (χ3v) is 6.46. The number of benzene rings is 2. The van der Waals surface area contributed by atoms with Gasteiger partial charge in [0.25, 0.3) is 5.91 Å². The van der Waals surface area contributed by atoms with Gasteiger partial charge in [-0.15, -0.1) is 0 Å². The predicted octanol–water partition coefficient (Wildman–Crippen LogP) is 4.21. The van der Waals surface area contributed by atoms with E-state index in [-0.39, 0.29) is 17.4 Å². The van der Waals surface area contributed by atoms with E-state index in [0.29, 0.717) is 28.9 Å². The zero-order valence-corrected chi connectivity index (χ0v) is 20.7. The molecule has 2 aromatic carbocycles. The highest BCUT2D eigenvalue weighted by Gasteiger charge is 2.23. The Morgan fingerprint density at radius 1 is 1.11 bits per heavy atom. The van der Waals surface area contributed by atoms with Crippen molar-refractivity contribution >= 4 is 23.1 Å². The van der Waals surface area contributed by atoms with Crippen LogP contribution in [0.1, 0.15) is 36.3 Å². The first-order valence-corrected chi connectivity index (χ1v) is 12.3. The first kappa shape index (κ1) is 24.3. The molecule has 1 aliphatic rings. The van der Waals surface area contributed by atoms with Crippen LogP contribution in [-0.2, 0) is 0 Å². The van der Waals surface area contributed by atoms with Gasteiger partial charge < -0.3 is 26.4 Å². The molecule has 5 rings (SSSR count). The molecule has 1 fully saturated rings. The van der Waals surface area contributed by atoms with E-state index in [9.17, 15) is 4.79 Å². The van der Waals surface area contributed by atoms with Gasteiger partial charge in [0.1, 0.15) is 11.4 Å². The highest BCUT2D eigenvalue weighted by atomic mass is 16.5. The maximum Gasteiger partial charge on any atom is 0.271 e. The summed E-state index contributed by atoms with van der Waals surface area (Å²) in [5.41, 5.74) is 14.0. The summed E-state index contributed by atoms with van der Waals surface area (Å²) >= 11 is 0. The molecule has 0 radical (unpaired) electrons. The summed E-state index contributed by atoms with van der Waals surface area (Å²) in [4.78, 5) is 24.1. The number of anilines is 3. The monoisotopic (exact) mass is 498 g/mol. The quantitative estimate of drug-likeness (QED) is 0.307. The number of piperidine rings is 1. The maximum absolute atomic E-state index is 12.4. The number of likely N-dealkylation sites (tertiary alicyclic amines) is 1. The minimum absolute atomic E-state index is 0.00258. The Morgan fingerprint density at radius 3 is 2.59 bits per heavy atom. The lowest BCUT2D eigenvalue weighted by molar-refractivity contribution is 0.0996. The van der Waals surface area contributed by atoms with Crippen molar-refractivity contribution in [2.24, 2.45) is 5.73 Å². The highest BCUT2D eigenvalue weighted by Crippen LogP contribution is 2.34. The second-order valence-corrected chi connectivity index (χ2v) is 8.98. The first-order chi connectivity index (χ1) is 18.0. The van der Waals surface area contributed by atoms with Crippen LogP contribution in [0.15, 0.2) is 67.0 Å². The van der Waals surface area contributed by atoms with Gasteiger partial charge in [0, 0.05) is 36.6 Å². The average Bonchev–Trinajstić information content (AvgIpc) is 3.38. The topological polar surface area (TPSA) is 137 Å². The van der Waals surface area contributed by atoms with Gasteiger partial charge in [-0.05, 0) is 31.5 Å². The zero-order chi connectivity index (χ0) is 25.8. The highest BCUT2D eigenvalue weighted by molar-refractivity contribution is 5.97. The smallest absolute Gasteiger partial charge is 0.271 e. The summed E-state index contributed by atoms with van der Waals surface area (Å²) in [6, 6.07) is 16.7. The van der Waals surface area contributed by atoms with Gasteiger partial charge in [-0.25, -0.2) is 4.98 Å². The Balaban J connectivity index is 1.49. The molecule has 0 bridgehead atoms. The number of nitrogens with two attached hydrogens (primary N) is 2. The van der Waals surface area contributed by atoms with E-state index in [1.807, 2.05) is 41.2 Å². The van der Waals surface area contributed by atoms with E-state index in [1.165, 1.54) is 0 Å². The Kier molecular flexibility index (Phi) is 7.00. The minimum Gasteiger partial charge on any atom is -0.437 e. The Morgan fingerprint density at radius 2 is 1.89 bits per heavy atom. The molecule has 0 unspecified atom stereocenters. The van der Waals surface area contributed by atoms with E-state index in [2.05, 4.69) is 32.2 Å². The minimum atomic E-state index is -0.706. The summed E-state index contributed by atoms with van der Waals surface area (Å²) in [7, 11) is 0. The van der Waals surface area contributed by atoms with Crippen LogP contribution in [0.3, 0.4) is 0 Å². The van der Waals surface area contributed by atoms with Gasteiger partial charge in [0.05, 0.1) is 17.9 Å². The fraction of sp³-hybridized carbons (Fsp3) is 0.259. The van der Waals surface area contributed by atoms with Gasteiger partial charge in [-0.3, -0.25) is 9.48 Å². The zero-order valence-electron chi connectivity index (χ0n) is 20.7.